The van der Waals surface area contributed by atoms with Crippen molar-refractivity contribution in [2.45, 2.75) is 0 Å². The minimum Gasteiger partial charge on any atom is -0.475 e. The molecule has 1 N–H and O–H groups in total. The Morgan fingerprint density at radius 1 is 1.33 bits per heavy atom. The Kier molecular flexibility index (Phi) is 2.43. The predicted octanol–water partition coefficient (Wildman–Crippen LogP) is 2.69. The number of carbonyl (C=O) groups is 1. The van der Waals surface area contributed by atoms with E-state index < -0.39 is 5.97 Å². The second kappa shape index (κ2) is 3.74. The third-order valence-electron chi connectivity index (χ3n) is 1.91. The fraction of sp³-hybridized carbons (Fsp3) is 0. The summed E-state index contributed by atoms with van der Waals surface area (Å²) in [5.41, 5.74) is 0.978. The zero-order valence-electron chi connectivity index (χ0n) is 7.48. The van der Waals surface area contributed by atoms with E-state index in [-0.39, 0.29) is 10.9 Å². The van der Waals surface area contributed by atoms with Crippen molar-refractivity contribution in [3.63, 3.8) is 0 Å². The second-order valence-corrected chi connectivity index (χ2v) is 3.21. The van der Waals surface area contributed by atoms with Crippen molar-refractivity contribution in [2.24, 2.45) is 0 Å². The van der Waals surface area contributed by atoms with Gasteiger partial charge in [-0.15, -0.1) is 0 Å². The normalized spacial score (nSPS) is 10.2. The van der Waals surface area contributed by atoms with E-state index in [1.165, 1.54) is 0 Å². The molecule has 0 unspecified atom stereocenters. The molecule has 5 heteroatoms. The Hall–Kier alpha value is -1.81. The van der Waals surface area contributed by atoms with E-state index in [0.717, 1.165) is 0 Å². The molecular weight excluding hydrogens is 218 g/mol. The van der Waals surface area contributed by atoms with Gasteiger partial charge in [-0.25, -0.2) is 4.79 Å². The molecule has 0 aliphatic carbocycles. The Morgan fingerprint density at radius 2 is 2.00 bits per heavy atom. The highest BCUT2D eigenvalue weighted by atomic mass is 35.5. The van der Waals surface area contributed by atoms with Gasteiger partial charge in [-0.2, -0.15) is 0 Å². The first-order valence-corrected chi connectivity index (χ1v) is 4.52. The lowest BCUT2D eigenvalue weighted by Crippen LogP contribution is -1.95. The molecule has 0 bridgehead atoms. The number of hydrogen-bond acceptors (Lipinski definition) is 3. The smallest absolute Gasteiger partial charge is 0.375 e. The lowest BCUT2D eigenvalue weighted by atomic mass is 10.1. The van der Waals surface area contributed by atoms with E-state index in [2.05, 4.69) is 9.68 Å². The first-order valence-electron chi connectivity index (χ1n) is 4.14. The molecule has 4 nitrogen and oxygen atoms in total. The summed E-state index contributed by atoms with van der Waals surface area (Å²) in [6, 6.07) is 8.87. The van der Waals surface area contributed by atoms with Crippen LogP contribution in [0.3, 0.4) is 0 Å². The summed E-state index contributed by atoms with van der Waals surface area (Å²) in [5.74, 6) is -1.43. The minimum atomic E-state index is -1.19. The quantitative estimate of drug-likeness (QED) is 0.850. The van der Waals surface area contributed by atoms with Crippen LogP contribution in [0, 0.1) is 0 Å². The van der Waals surface area contributed by atoms with Crippen LogP contribution in [0.25, 0.3) is 11.1 Å². The van der Waals surface area contributed by atoms with Crippen LogP contribution in [0.15, 0.2) is 34.9 Å². The van der Waals surface area contributed by atoms with E-state index in [4.69, 9.17) is 16.7 Å². The molecular formula is C10H6ClNO3. The van der Waals surface area contributed by atoms with Crippen molar-refractivity contribution < 1.29 is 14.4 Å². The zero-order valence-corrected chi connectivity index (χ0v) is 8.23. The van der Waals surface area contributed by atoms with Gasteiger partial charge in [0.05, 0.1) is 5.56 Å². The highest BCUT2D eigenvalue weighted by molar-refractivity contribution is 6.32. The molecule has 0 atom stereocenters. The van der Waals surface area contributed by atoms with Crippen molar-refractivity contribution in [2.75, 3.05) is 0 Å². The van der Waals surface area contributed by atoms with Gasteiger partial charge < -0.3 is 9.63 Å². The number of benzene rings is 1. The zero-order chi connectivity index (χ0) is 10.8. The summed E-state index contributed by atoms with van der Waals surface area (Å²) >= 11 is 5.76. The van der Waals surface area contributed by atoms with Gasteiger partial charge >= 0.3 is 5.97 Å². The topological polar surface area (TPSA) is 63.3 Å². The van der Waals surface area contributed by atoms with Crippen LogP contribution in [-0.2, 0) is 0 Å². The number of carboxylic acids is 1. The van der Waals surface area contributed by atoms with Gasteiger partial charge in [-0.3, -0.25) is 0 Å². The van der Waals surface area contributed by atoms with Crippen LogP contribution in [0.5, 0.6) is 0 Å². The van der Waals surface area contributed by atoms with Crippen molar-refractivity contribution in [3.8, 4) is 11.1 Å². The van der Waals surface area contributed by atoms with Gasteiger partial charge in [0, 0.05) is 0 Å². The van der Waals surface area contributed by atoms with Crippen LogP contribution >= 0.6 is 11.6 Å². The summed E-state index contributed by atoms with van der Waals surface area (Å²) in [4.78, 5) is 10.8. The molecule has 0 aliphatic heterocycles. The predicted molar refractivity (Wildman–Crippen MR) is 53.9 cm³/mol. The molecule has 76 valence electrons. The third-order valence-corrected chi connectivity index (χ3v) is 2.17. The average Bonchev–Trinajstić information content (AvgIpc) is 2.61. The van der Waals surface area contributed by atoms with Gasteiger partial charge in [-0.1, -0.05) is 47.1 Å². The van der Waals surface area contributed by atoms with Gasteiger partial charge in [-0.05, 0) is 5.56 Å². The van der Waals surface area contributed by atoms with E-state index in [0.29, 0.717) is 11.1 Å². The van der Waals surface area contributed by atoms with Gasteiger partial charge in [0.2, 0.25) is 0 Å². The van der Waals surface area contributed by atoms with Crippen LogP contribution < -0.4 is 0 Å². The van der Waals surface area contributed by atoms with Crippen molar-refractivity contribution in [3.05, 3.63) is 41.2 Å². The van der Waals surface area contributed by atoms with Crippen LogP contribution in [0.4, 0.5) is 0 Å². The number of aromatic nitrogens is 1. The second-order valence-electron chi connectivity index (χ2n) is 2.85. The van der Waals surface area contributed by atoms with Crippen molar-refractivity contribution in [1.29, 1.82) is 0 Å². The number of halogens is 1. The standard InChI is InChI=1S/C10H6ClNO3/c11-9-7(6-4-2-1-3-5-6)8(10(13)14)15-12-9/h1-5H,(H,13,14). The average molecular weight is 224 g/mol. The van der Waals surface area contributed by atoms with E-state index in [1.54, 1.807) is 24.3 Å². The first-order chi connectivity index (χ1) is 7.20. The Bertz CT molecular complexity index is 493. The lowest BCUT2D eigenvalue weighted by molar-refractivity contribution is 0.0653. The SMILES string of the molecule is O=C(O)c1onc(Cl)c1-c1ccccc1. The Balaban J connectivity index is 2.62. The molecule has 0 amide bonds. The van der Waals surface area contributed by atoms with Gasteiger partial charge in [0.1, 0.15) is 0 Å². The number of carboxylic acid groups (broad SMARTS) is 1. The molecule has 2 aromatic rings. The minimum absolute atomic E-state index is 0.0543. The summed E-state index contributed by atoms with van der Waals surface area (Å²) < 4.78 is 4.63. The fourth-order valence-corrected chi connectivity index (χ4v) is 1.50. The highest BCUT2D eigenvalue weighted by Gasteiger charge is 2.21. The number of hydrogen-bond donors (Lipinski definition) is 1. The molecule has 0 radical (unpaired) electrons. The van der Waals surface area contributed by atoms with Crippen LogP contribution in [0.1, 0.15) is 10.6 Å². The first kappa shape index (κ1) is 9.73. The maximum Gasteiger partial charge on any atom is 0.375 e. The summed E-state index contributed by atoms with van der Waals surface area (Å²) in [6.45, 7) is 0. The molecule has 1 aromatic heterocycles. The van der Waals surface area contributed by atoms with E-state index in [1.807, 2.05) is 6.07 Å². The number of aromatic carboxylic acids is 1. The molecule has 15 heavy (non-hydrogen) atoms. The summed E-state index contributed by atoms with van der Waals surface area (Å²) in [5, 5.41) is 12.3. The molecule has 0 saturated carbocycles. The highest BCUT2D eigenvalue weighted by Crippen LogP contribution is 2.30. The van der Waals surface area contributed by atoms with Crippen LogP contribution in [0.2, 0.25) is 5.15 Å². The van der Waals surface area contributed by atoms with Gasteiger partial charge in [0.25, 0.3) is 5.76 Å². The lowest BCUT2D eigenvalue weighted by Gasteiger charge is -1.97. The molecule has 0 fully saturated rings. The van der Waals surface area contributed by atoms with E-state index >= 15 is 0 Å². The largest absolute Gasteiger partial charge is 0.475 e. The summed E-state index contributed by atoms with van der Waals surface area (Å²) in [6.07, 6.45) is 0. The maximum absolute atomic E-state index is 10.8. The van der Waals surface area contributed by atoms with Crippen molar-refractivity contribution in [1.82, 2.24) is 5.16 Å². The van der Waals surface area contributed by atoms with Crippen LogP contribution in [-0.4, -0.2) is 16.2 Å². The number of rotatable bonds is 2. The van der Waals surface area contributed by atoms with Gasteiger partial charge in [0.15, 0.2) is 5.15 Å². The molecule has 1 aromatic carbocycles. The maximum atomic E-state index is 10.8. The van der Waals surface area contributed by atoms with Crippen molar-refractivity contribution >= 4 is 17.6 Å². The fourth-order valence-electron chi connectivity index (χ4n) is 1.27. The third kappa shape index (κ3) is 1.71. The Morgan fingerprint density at radius 3 is 2.60 bits per heavy atom. The number of nitrogens with zero attached hydrogens (tertiary/aromatic N) is 1. The molecule has 0 aliphatic rings. The molecule has 0 saturated heterocycles. The molecule has 0 spiro atoms. The summed E-state index contributed by atoms with van der Waals surface area (Å²) in [7, 11) is 0. The van der Waals surface area contributed by atoms with E-state index in [9.17, 15) is 4.79 Å². The molecule has 1 heterocycles. The monoisotopic (exact) mass is 223 g/mol. The Labute approximate surface area is 90.1 Å². The molecule has 2 rings (SSSR count).